The van der Waals surface area contributed by atoms with Gasteiger partial charge in [0.25, 0.3) is 0 Å². The van der Waals surface area contributed by atoms with E-state index in [0.29, 0.717) is 0 Å². The molecule has 0 nitrogen and oxygen atoms in total. The van der Waals surface area contributed by atoms with Crippen LogP contribution in [0.2, 0.25) is 0 Å². The summed E-state index contributed by atoms with van der Waals surface area (Å²) in [6.45, 7) is 0. The standard InChI is InChI=1S/Cd.2ClH.K.Zn.H/h;2*1H;;;/q+2;;;;;/p-2. The Kier molecular flexibility index (Phi) is 49.8. The Balaban J connectivity index is -0.0000000200. The van der Waals surface area contributed by atoms with E-state index in [9.17, 15) is 0 Å². The normalized spacial score (nSPS) is 2.00. The molecule has 0 N–H and O–H groups in total. The summed E-state index contributed by atoms with van der Waals surface area (Å²) in [4.78, 5) is 0. The number of hydrogen-bond donors (Lipinski definition) is 0. The molecule has 0 heterocycles. The van der Waals surface area contributed by atoms with Crippen LogP contribution in [0.15, 0.2) is 0 Å². The number of rotatable bonds is 0. The van der Waals surface area contributed by atoms with E-state index in [-0.39, 0.29) is 70.9 Å². The molecule has 0 spiro atoms. The van der Waals surface area contributed by atoms with Gasteiger partial charge in [0.2, 0.25) is 0 Å². The molecule has 0 aromatic rings. The van der Waals surface area contributed by atoms with Crippen molar-refractivity contribution in [2.45, 2.75) is 0 Å². The minimum Gasteiger partial charge on any atom is 0 e. The van der Waals surface area contributed by atoms with Crippen LogP contribution in [0.5, 0.6) is 0 Å². The molecule has 0 aliphatic heterocycles. The summed E-state index contributed by atoms with van der Waals surface area (Å²) in [6, 6.07) is 0. The summed E-state index contributed by atoms with van der Waals surface area (Å²) >= 11 is -1.07. The molecule has 0 aromatic carbocycles. The van der Waals surface area contributed by atoms with Crippen molar-refractivity contribution in [2.75, 3.05) is 0 Å². The van der Waals surface area contributed by atoms with E-state index in [0.717, 1.165) is 0 Å². The van der Waals surface area contributed by atoms with Crippen molar-refractivity contribution in [1.82, 2.24) is 0 Å². The van der Waals surface area contributed by atoms with E-state index >= 15 is 0 Å². The van der Waals surface area contributed by atoms with Gasteiger partial charge in [0.1, 0.15) is 0 Å². The van der Waals surface area contributed by atoms with Crippen LogP contribution in [0.1, 0.15) is 0 Å². The van der Waals surface area contributed by atoms with Crippen LogP contribution in [-0.4, -0.2) is 51.4 Å². The van der Waals surface area contributed by atoms with Gasteiger partial charge in [-0.3, -0.25) is 0 Å². The van der Waals surface area contributed by atoms with E-state index in [1.165, 1.54) is 0 Å². The maximum Gasteiger partial charge on any atom is 0 e. The fourth-order valence-corrected chi connectivity index (χ4v) is 0. The van der Waals surface area contributed by atoms with E-state index < -0.39 is 21.8 Å². The van der Waals surface area contributed by atoms with Crippen molar-refractivity contribution in [3.63, 3.8) is 0 Å². The molecule has 0 bridgehead atoms. The van der Waals surface area contributed by atoms with Crippen LogP contribution in [-0.2, 0) is 41.3 Å². The van der Waals surface area contributed by atoms with Crippen molar-refractivity contribution in [3.8, 4) is 0 Å². The van der Waals surface area contributed by atoms with E-state index in [2.05, 4.69) is 0 Å². The SMILES string of the molecule is [Cl][Cd][Cl].[KH].[Zn]. The first kappa shape index (κ1) is 15.9. The third kappa shape index (κ3) is 18.2. The Labute approximate surface area is 106 Å². The van der Waals surface area contributed by atoms with Crippen LogP contribution >= 0.6 is 16.6 Å². The first-order valence-corrected chi connectivity index (χ1v) is 10.8. The van der Waals surface area contributed by atoms with Gasteiger partial charge in [-0.2, -0.15) is 0 Å². The van der Waals surface area contributed by atoms with Gasteiger partial charge in [-0.15, -0.1) is 0 Å². The van der Waals surface area contributed by atoms with Gasteiger partial charge < -0.3 is 0 Å². The molecule has 0 fully saturated rings. The van der Waals surface area contributed by atoms with Crippen LogP contribution in [0.25, 0.3) is 0 Å². The molecule has 0 radical (unpaired) electrons. The summed E-state index contributed by atoms with van der Waals surface area (Å²) in [5, 5.41) is 0. The quantitative estimate of drug-likeness (QED) is 0.577. The molecular formula is HCdCl2KZn. The van der Waals surface area contributed by atoms with Crippen molar-refractivity contribution in [1.29, 1.82) is 0 Å². The summed E-state index contributed by atoms with van der Waals surface area (Å²) in [5.41, 5.74) is 0. The second kappa shape index (κ2) is 15.7. The Hall–Kier alpha value is 3.76. The first-order valence-electron chi connectivity index (χ1n) is 0.535. The molecule has 0 amide bonds. The zero-order valence-corrected chi connectivity index (χ0v) is 10.7. The van der Waals surface area contributed by atoms with Crippen LogP contribution in [0.3, 0.4) is 0 Å². The fraction of sp³-hybridized carbons (Fsp3) is 0. The molecule has 0 aromatic heterocycles. The van der Waals surface area contributed by atoms with Crippen molar-refractivity contribution in [3.05, 3.63) is 0 Å². The Morgan fingerprint density at radius 1 is 1.20 bits per heavy atom. The van der Waals surface area contributed by atoms with Crippen LogP contribution in [0, 0.1) is 0 Å². The molecule has 0 atom stereocenters. The largest absolute Gasteiger partial charge is 0 e. The summed E-state index contributed by atoms with van der Waals surface area (Å²) in [7, 11) is 9.95. The van der Waals surface area contributed by atoms with E-state index in [1.54, 1.807) is 0 Å². The third-order valence-corrected chi connectivity index (χ3v) is 0. The van der Waals surface area contributed by atoms with Crippen molar-refractivity contribution < 1.29 is 41.3 Å². The molecule has 0 aliphatic carbocycles. The second-order valence-corrected chi connectivity index (χ2v) is 6.10. The summed E-state index contributed by atoms with van der Waals surface area (Å²) in [6.07, 6.45) is 0. The predicted molar refractivity (Wildman–Crippen MR) is 18.9 cm³/mol. The molecular weight excluding hydrogens is 288 g/mol. The Morgan fingerprint density at radius 2 is 1.20 bits per heavy atom. The minimum atomic E-state index is -1.07. The molecule has 0 unspecified atom stereocenters. The van der Waals surface area contributed by atoms with E-state index in [4.69, 9.17) is 16.6 Å². The number of hydrogen-bond acceptors (Lipinski definition) is 0. The minimum absolute atomic E-state index is 0. The zero-order valence-electron chi connectivity index (χ0n) is 2.17. The fourth-order valence-electron chi connectivity index (χ4n) is 0. The molecule has 0 aliphatic rings. The number of halogens is 2. The predicted octanol–water partition coefficient (Wildman–Crippen LogP) is 0.726. The Morgan fingerprint density at radius 3 is 1.20 bits per heavy atom. The van der Waals surface area contributed by atoms with Gasteiger partial charge in [-0.1, -0.05) is 0 Å². The van der Waals surface area contributed by atoms with Gasteiger partial charge in [-0.05, 0) is 0 Å². The van der Waals surface area contributed by atoms with Crippen molar-refractivity contribution in [2.24, 2.45) is 0 Å². The topological polar surface area (TPSA) is 0 Å². The smallest absolute Gasteiger partial charge is 0 e. The van der Waals surface area contributed by atoms with Crippen LogP contribution < -0.4 is 0 Å². The van der Waals surface area contributed by atoms with Crippen molar-refractivity contribution >= 4 is 68.0 Å². The molecule has 0 saturated heterocycles. The van der Waals surface area contributed by atoms with Gasteiger partial charge in [0.05, 0.1) is 0 Å². The summed E-state index contributed by atoms with van der Waals surface area (Å²) < 4.78 is 0. The molecule has 5 heavy (non-hydrogen) atoms. The molecule has 0 rings (SSSR count). The average molecular weight is 289 g/mol. The average Bonchev–Trinajstić information content (AvgIpc) is 0.918. The van der Waals surface area contributed by atoms with Crippen LogP contribution in [0.4, 0.5) is 0 Å². The van der Waals surface area contributed by atoms with Gasteiger partial charge >= 0.3 is 89.8 Å². The molecule has 20 valence electrons. The zero-order chi connectivity index (χ0) is 2.71. The first-order chi connectivity index (χ1) is 1.41. The molecule has 5 heteroatoms. The monoisotopic (exact) mass is 288 g/mol. The second-order valence-electron chi connectivity index (χ2n) is 0.101. The van der Waals surface area contributed by atoms with Gasteiger partial charge in [-0.25, -0.2) is 0 Å². The maximum atomic E-state index is 4.97. The van der Waals surface area contributed by atoms with E-state index in [1.807, 2.05) is 0 Å². The van der Waals surface area contributed by atoms with Gasteiger partial charge in [0, 0.05) is 19.5 Å². The molecule has 0 saturated carbocycles. The Bertz CT molecular complexity index is 9.61. The maximum absolute atomic E-state index is 4.97. The van der Waals surface area contributed by atoms with Gasteiger partial charge in [0.15, 0.2) is 0 Å². The third-order valence-electron chi connectivity index (χ3n) is 0. The summed E-state index contributed by atoms with van der Waals surface area (Å²) in [5.74, 6) is 0.